The smallest absolute Gasteiger partial charge is 0.407 e. The van der Waals surface area contributed by atoms with Crippen LogP contribution in [-0.4, -0.2) is 54.8 Å². The molecule has 0 bridgehead atoms. The molecule has 3 atom stereocenters. The number of benzene rings is 2. The van der Waals surface area contributed by atoms with Crippen LogP contribution >= 0.6 is 11.3 Å². The van der Waals surface area contributed by atoms with Crippen molar-refractivity contribution in [3.05, 3.63) is 94.1 Å². The molecule has 4 rings (SSSR count). The molecule has 0 aliphatic carbocycles. The predicted octanol–water partition coefficient (Wildman–Crippen LogP) is 5.43. The Bertz CT molecular complexity index is 1480. The standard InChI is InChI=1S/C33H43N7O4S/c1-22(25-13-6-5-7-14-25)30(42)35-27-18-17-26(37-38-27)15-8-9-16-29-39-40-31(45-29)36-28(41)20-23-11-10-12-24(19-23)21-34-32(43)44-33(2,3)4/h5-7,10-14,17-19,22,28,30,41-42H,8-9,15-16,20-21H2,1-4H3,(H,34,43)(H,35,38)(H,36,40). The maximum atomic E-state index is 11.9. The van der Waals surface area contributed by atoms with Crippen molar-refractivity contribution in [2.45, 2.75) is 90.3 Å². The Morgan fingerprint density at radius 1 is 0.889 bits per heavy atom. The molecule has 4 aromatic rings. The molecular formula is C33H43N7O4S. The van der Waals surface area contributed by atoms with Crippen LogP contribution in [-0.2, 0) is 30.5 Å². The number of ether oxygens (including phenoxy) is 1. The monoisotopic (exact) mass is 633 g/mol. The number of rotatable bonds is 15. The summed E-state index contributed by atoms with van der Waals surface area (Å²) in [5, 5.41) is 48.4. The zero-order valence-electron chi connectivity index (χ0n) is 26.2. The van der Waals surface area contributed by atoms with Gasteiger partial charge in [-0.05, 0) is 68.9 Å². The van der Waals surface area contributed by atoms with Gasteiger partial charge in [0, 0.05) is 25.3 Å². The van der Waals surface area contributed by atoms with Gasteiger partial charge in [0.1, 0.15) is 23.1 Å². The van der Waals surface area contributed by atoms with Gasteiger partial charge in [0.25, 0.3) is 0 Å². The first-order valence-corrected chi connectivity index (χ1v) is 16.0. The van der Waals surface area contributed by atoms with Crippen LogP contribution in [0.4, 0.5) is 15.7 Å². The third kappa shape index (κ3) is 11.7. The number of hydrogen-bond acceptors (Lipinski definition) is 11. The molecular weight excluding hydrogens is 590 g/mol. The van der Waals surface area contributed by atoms with E-state index in [1.165, 1.54) is 11.3 Å². The molecule has 0 aliphatic rings. The van der Waals surface area contributed by atoms with Gasteiger partial charge in [-0.15, -0.1) is 15.3 Å². The highest BCUT2D eigenvalue weighted by atomic mass is 32.1. The molecule has 2 aromatic carbocycles. The van der Waals surface area contributed by atoms with Crippen LogP contribution in [0.15, 0.2) is 66.7 Å². The van der Waals surface area contributed by atoms with Crippen molar-refractivity contribution < 1.29 is 19.7 Å². The molecule has 0 radical (unpaired) electrons. The number of carbonyl (C=O) groups excluding carboxylic acids is 1. The topological polar surface area (TPSA) is 154 Å². The molecule has 11 nitrogen and oxygen atoms in total. The van der Waals surface area contributed by atoms with Crippen molar-refractivity contribution >= 4 is 28.4 Å². The van der Waals surface area contributed by atoms with Crippen molar-refractivity contribution in [1.82, 2.24) is 25.7 Å². The van der Waals surface area contributed by atoms with Crippen LogP contribution in [0.25, 0.3) is 0 Å². The molecule has 1 amide bonds. The summed E-state index contributed by atoms with van der Waals surface area (Å²) >= 11 is 1.43. The minimum Gasteiger partial charge on any atom is -0.444 e. The van der Waals surface area contributed by atoms with Gasteiger partial charge in [-0.1, -0.05) is 72.9 Å². The van der Waals surface area contributed by atoms with Gasteiger partial charge in [-0.2, -0.15) is 5.10 Å². The summed E-state index contributed by atoms with van der Waals surface area (Å²) in [7, 11) is 0. The van der Waals surface area contributed by atoms with Crippen LogP contribution in [0.3, 0.4) is 0 Å². The van der Waals surface area contributed by atoms with Crippen molar-refractivity contribution in [2.24, 2.45) is 0 Å². The van der Waals surface area contributed by atoms with E-state index in [0.29, 0.717) is 23.9 Å². The number of unbranched alkanes of at least 4 members (excludes halogenated alkanes) is 1. The summed E-state index contributed by atoms with van der Waals surface area (Å²) in [6.07, 6.45) is 1.68. The summed E-state index contributed by atoms with van der Waals surface area (Å²) in [5.41, 5.74) is 3.22. The van der Waals surface area contributed by atoms with E-state index in [4.69, 9.17) is 4.74 Å². The Labute approximate surface area is 268 Å². The molecule has 0 spiro atoms. The van der Waals surface area contributed by atoms with E-state index in [2.05, 4.69) is 36.3 Å². The van der Waals surface area contributed by atoms with E-state index >= 15 is 0 Å². The molecule has 3 unspecified atom stereocenters. The number of aromatic nitrogens is 4. The Morgan fingerprint density at radius 2 is 1.64 bits per heavy atom. The fraction of sp³-hybridized carbons (Fsp3) is 0.424. The summed E-state index contributed by atoms with van der Waals surface area (Å²) < 4.78 is 5.28. The predicted molar refractivity (Wildman–Crippen MR) is 176 cm³/mol. The van der Waals surface area contributed by atoms with Gasteiger partial charge >= 0.3 is 6.09 Å². The minimum atomic E-state index is -0.835. The average Bonchev–Trinajstić information content (AvgIpc) is 3.45. The van der Waals surface area contributed by atoms with Gasteiger partial charge in [-0.25, -0.2) is 4.79 Å². The SMILES string of the molecule is CC(c1ccccc1)C(O)Nc1ccc(CCCCc2nnc(NC(O)Cc3cccc(CNC(=O)OC(C)(C)C)c3)s2)nn1. The number of nitrogens with zero attached hydrogens (tertiary/aromatic N) is 4. The second kappa shape index (κ2) is 16.3. The quantitative estimate of drug-likeness (QED) is 0.0846. The summed E-state index contributed by atoms with van der Waals surface area (Å²) in [5.74, 6) is 0.443. The molecule has 2 heterocycles. The van der Waals surface area contributed by atoms with Crippen molar-refractivity contribution in [3.8, 4) is 0 Å². The van der Waals surface area contributed by atoms with Crippen LogP contribution in [0.5, 0.6) is 0 Å². The van der Waals surface area contributed by atoms with E-state index in [-0.39, 0.29) is 5.92 Å². The molecule has 0 fully saturated rings. The van der Waals surface area contributed by atoms with Gasteiger partial charge < -0.3 is 30.9 Å². The molecule has 45 heavy (non-hydrogen) atoms. The third-order valence-corrected chi connectivity index (χ3v) is 7.82. The van der Waals surface area contributed by atoms with Gasteiger partial charge in [0.05, 0.1) is 5.69 Å². The van der Waals surface area contributed by atoms with E-state index in [1.807, 2.05) is 94.4 Å². The number of amides is 1. The van der Waals surface area contributed by atoms with Crippen LogP contribution < -0.4 is 16.0 Å². The first-order chi connectivity index (χ1) is 21.5. The number of aliphatic hydroxyl groups is 2. The zero-order valence-corrected chi connectivity index (χ0v) is 27.1. The second-order valence-electron chi connectivity index (χ2n) is 11.9. The lowest BCUT2D eigenvalue weighted by atomic mass is 10.00. The highest BCUT2D eigenvalue weighted by molar-refractivity contribution is 7.15. The number of aryl methyl sites for hydroxylation is 2. The maximum absolute atomic E-state index is 11.9. The third-order valence-electron chi connectivity index (χ3n) is 6.90. The Hall–Kier alpha value is -4.13. The summed E-state index contributed by atoms with van der Waals surface area (Å²) in [6.45, 7) is 7.76. The number of hydrogen-bond donors (Lipinski definition) is 5. The molecule has 240 valence electrons. The molecule has 12 heteroatoms. The molecule has 2 aromatic heterocycles. The lowest BCUT2D eigenvalue weighted by Crippen LogP contribution is -2.32. The Kier molecular flexibility index (Phi) is 12.2. The van der Waals surface area contributed by atoms with Crippen molar-refractivity contribution in [2.75, 3.05) is 10.6 Å². The van der Waals surface area contributed by atoms with Crippen molar-refractivity contribution in [1.29, 1.82) is 0 Å². The normalized spacial score (nSPS) is 13.5. The zero-order chi connectivity index (χ0) is 32.2. The molecule has 0 aliphatic heterocycles. The molecule has 5 N–H and O–H groups in total. The number of anilines is 2. The van der Waals surface area contributed by atoms with Gasteiger partial charge in [0.15, 0.2) is 5.82 Å². The molecule has 0 saturated heterocycles. The maximum Gasteiger partial charge on any atom is 0.407 e. The van der Waals surface area contributed by atoms with E-state index < -0.39 is 24.2 Å². The minimum absolute atomic E-state index is 0.0923. The lowest BCUT2D eigenvalue weighted by Gasteiger charge is -2.20. The highest BCUT2D eigenvalue weighted by Gasteiger charge is 2.17. The second-order valence-corrected chi connectivity index (χ2v) is 13.0. The summed E-state index contributed by atoms with van der Waals surface area (Å²) in [6, 6.07) is 21.3. The number of aliphatic hydroxyl groups excluding tert-OH is 2. The van der Waals surface area contributed by atoms with E-state index in [0.717, 1.165) is 53.1 Å². The first kappa shape index (κ1) is 33.8. The molecule has 0 saturated carbocycles. The summed E-state index contributed by atoms with van der Waals surface area (Å²) in [4.78, 5) is 11.9. The van der Waals surface area contributed by atoms with E-state index in [1.54, 1.807) is 0 Å². The van der Waals surface area contributed by atoms with Gasteiger partial charge in [0.2, 0.25) is 5.13 Å². The van der Waals surface area contributed by atoms with Crippen molar-refractivity contribution in [3.63, 3.8) is 0 Å². The van der Waals surface area contributed by atoms with Crippen LogP contribution in [0.1, 0.15) is 73.8 Å². The average molecular weight is 634 g/mol. The van der Waals surface area contributed by atoms with E-state index in [9.17, 15) is 15.0 Å². The lowest BCUT2D eigenvalue weighted by molar-refractivity contribution is 0.0523. The number of alkyl carbamates (subject to hydrolysis) is 1. The largest absolute Gasteiger partial charge is 0.444 e. The number of nitrogens with one attached hydrogen (secondary N) is 3. The van der Waals surface area contributed by atoms with Crippen LogP contribution in [0, 0.1) is 0 Å². The highest BCUT2D eigenvalue weighted by Crippen LogP contribution is 2.21. The Morgan fingerprint density at radius 3 is 2.38 bits per heavy atom. The van der Waals surface area contributed by atoms with Crippen LogP contribution in [0.2, 0.25) is 0 Å². The Balaban J connectivity index is 1.14. The fourth-order valence-corrected chi connectivity index (χ4v) is 5.38. The number of carbonyl (C=O) groups is 1. The van der Waals surface area contributed by atoms with Gasteiger partial charge in [-0.3, -0.25) is 0 Å². The first-order valence-electron chi connectivity index (χ1n) is 15.2. The fourth-order valence-electron chi connectivity index (χ4n) is 4.55.